The number of rotatable bonds is 5. The van der Waals surface area contributed by atoms with Crippen molar-refractivity contribution in [3.05, 3.63) is 35.7 Å². The first-order valence-corrected chi connectivity index (χ1v) is 5.90. The van der Waals surface area contributed by atoms with E-state index in [4.69, 9.17) is 5.11 Å². The van der Waals surface area contributed by atoms with Crippen LogP contribution in [-0.2, 0) is 4.79 Å². The molecule has 1 aromatic rings. The van der Waals surface area contributed by atoms with Crippen LogP contribution < -0.4 is 5.32 Å². The van der Waals surface area contributed by atoms with Gasteiger partial charge in [0.25, 0.3) is 0 Å². The summed E-state index contributed by atoms with van der Waals surface area (Å²) in [4.78, 5) is 28.8. The summed E-state index contributed by atoms with van der Waals surface area (Å²) in [6, 6.07) is 1.33. The molecule has 0 aliphatic heterocycles. The maximum atomic E-state index is 11.6. The molecule has 102 valence electrons. The highest BCUT2D eigenvalue weighted by Gasteiger charge is 2.08. The fourth-order valence-electron chi connectivity index (χ4n) is 1.48. The Balaban J connectivity index is 2.76. The van der Waals surface area contributed by atoms with E-state index in [9.17, 15) is 9.59 Å². The number of nitrogens with one attached hydrogen (secondary N) is 2. The number of aryl methyl sites for hydroxylation is 1. The van der Waals surface area contributed by atoms with Crippen LogP contribution in [0, 0.1) is 6.92 Å². The average molecular weight is 263 g/mol. The Kier molecular flexibility index (Phi) is 5.53. The Morgan fingerprint density at radius 1 is 1.53 bits per heavy atom. The minimum absolute atomic E-state index is 0.0600. The number of carbonyl (C=O) groups is 2. The van der Waals surface area contributed by atoms with E-state index in [1.54, 1.807) is 18.3 Å². The fraction of sp³-hybridized carbons (Fsp3) is 0.308. The summed E-state index contributed by atoms with van der Waals surface area (Å²) in [5.41, 5.74) is 2.26. The number of hydrogen-bond donors (Lipinski definition) is 3. The maximum Gasteiger partial charge on any atom is 0.341 e. The van der Waals surface area contributed by atoms with Gasteiger partial charge in [0, 0.05) is 12.7 Å². The fourth-order valence-corrected chi connectivity index (χ4v) is 1.48. The van der Waals surface area contributed by atoms with Crippen molar-refractivity contribution in [3.8, 4) is 0 Å². The zero-order valence-corrected chi connectivity index (χ0v) is 10.9. The summed E-state index contributed by atoms with van der Waals surface area (Å²) < 4.78 is 0. The molecule has 0 unspecified atom stereocenters. The van der Waals surface area contributed by atoms with Crippen LogP contribution in [0.15, 0.2) is 29.4 Å². The third kappa shape index (κ3) is 4.79. The van der Waals surface area contributed by atoms with Gasteiger partial charge in [0.2, 0.25) is 0 Å². The molecule has 0 aliphatic rings. The van der Waals surface area contributed by atoms with Crippen LogP contribution in [0.4, 0.5) is 4.79 Å². The Labute approximate surface area is 111 Å². The van der Waals surface area contributed by atoms with Crippen molar-refractivity contribution in [2.24, 2.45) is 4.99 Å². The molecule has 0 aliphatic carbocycles. The highest BCUT2D eigenvalue weighted by atomic mass is 16.4. The SMILES string of the molecule is C/C=C\C(=NC(=O)NCCC(=O)O)c1[nH]ccc1C. The maximum absolute atomic E-state index is 11.6. The molecular weight excluding hydrogens is 246 g/mol. The highest BCUT2D eigenvalue weighted by molar-refractivity contribution is 6.12. The predicted molar refractivity (Wildman–Crippen MR) is 72.5 cm³/mol. The van der Waals surface area contributed by atoms with Crippen molar-refractivity contribution in [2.75, 3.05) is 6.54 Å². The summed E-state index contributed by atoms with van der Waals surface area (Å²) in [5.74, 6) is -0.960. The van der Waals surface area contributed by atoms with Crippen molar-refractivity contribution in [3.63, 3.8) is 0 Å². The summed E-state index contributed by atoms with van der Waals surface area (Å²) in [6.07, 6.45) is 5.15. The molecule has 1 heterocycles. The van der Waals surface area contributed by atoms with Gasteiger partial charge in [0.1, 0.15) is 0 Å². The third-order valence-electron chi connectivity index (χ3n) is 2.37. The third-order valence-corrected chi connectivity index (χ3v) is 2.37. The normalized spacial score (nSPS) is 11.8. The quantitative estimate of drug-likeness (QED) is 0.708. The summed E-state index contributed by atoms with van der Waals surface area (Å²) in [6.45, 7) is 3.80. The lowest BCUT2D eigenvalue weighted by Gasteiger charge is -2.02. The molecule has 0 bridgehead atoms. The lowest BCUT2D eigenvalue weighted by molar-refractivity contribution is -0.136. The minimum atomic E-state index is -0.960. The van der Waals surface area contributed by atoms with Crippen LogP contribution in [0.2, 0.25) is 0 Å². The number of carboxylic acid groups (broad SMARTS) is 1. The molecule has 0 aromatic carbocycles. The van der Waals surface area contributed by atoms with Gasteiger partial charge >= 0.3 is 12.0 Å². The molecule has 2 amide bonds. The van der Waals surface area contributed by atoms with Crippen LogP contribution in [-0.4, -0.2) is 34.3 Å². The molecule has 0 saturated carbocycles. The molecule has 3 N–H and O–H groups in total. The van der Waals surface area contributed by atoms with Gasteiger partial charge in [0.15, 0.2) is 0 Å². The van der Waals surface area contributed by atoms with Crippen LogP contribution in [0.3, 0.4) is 0 Å². The first-order chi connectivity index (χ1) is 9.04. The van der Waals surface area contributed by atoms with E-state index in [2.05, 4.69) is 15.3 Å². The van der Waals surface area contributed by atoms with Gasteiger partial charge in [-0.2, -0.15) is 4.99 Å². The number of aliphatic carboxylic acids is 1. The van der Waals surface area contributed by atoms with E-state index in [1.165, 1.54) is 0 Å². The van der Waals surface area contributed by atoms with Crippen LogP contribution in [0.5, 0.6) is 0 Å². The zero-order valence-electron chi connectivity index (χ0n) is 10.9. The summed E-state index contributed by atoms with van der Waals surface area (Å²) >= 11 is 0. The van der Waals surface area contributed by atoms with Gasteiger partial charge in [-0.1, -0.05) is 6.08 Å². The predicted octanol–water partition coefficient (Wildman–Crippen LogP) is 1.87. The molecule has 1 aromatic heterocycles. The number of nitrogens with zero attached hydrogens (tertiary/aromatic N) is 1. The molecule has 0 atom stereocenters. The zero-order chi connectivity index (χ0) is 14.3. The van der Waals surface area contributed by atoms with Crippen molar-refractivity contribution < 1.29 is 14.7 Å². The molecule has 6 heteroatoms. The van der Waals surface area contributed by atoms with E-state index >= 15 is 0 Å². The van der Waals surface area contributed by atoms with Crippen molar-refractivity contribution in [1.29, 1.82) is 0 Å². The molecule has 19 heavy (non-hydrogen) atoms. The standard InChI is InChI=1S/C13H17N3O3/c1-3-4-10(12-9(2)5-7-14-12)16-13(19)15-8-6-11(17)18/h3-5,7,14H,6,8H2,1-2H3,(H,15,19)(H,17,18)/b4-3-,16-10?. The van der Waals surface area contributed by atoms with Crippen molar-refractivity contribution in [1.82, 2.24) is 10.3 Å². The summed E-state index contributed by atoms with van der Waals surface area (Å²) in [5, 5.41) is 10.9. The Bertz CT molecular complexity index is 515. The van der Waals surface area contributed by atoms with Crippen molar-refractivity contribution >= 4 is 17.7 Å². The number of aliphatic imine (C=N–C) groups is 1. The second kappa shape index (κ2) is 7.15. The smallest absolute Gasteiger partial charge is 0.341 e. The summed E-state index contributed by atoms with van der Waals surface area (Å²) in [7, 11) is 0. The monoisotopic (exact) mass is 263 g/mol. The number of urea groups is 1. The van der Waals surface area contributed by atoms with E-state index in [1.807, 2.05) is 19.9 Å². The van der Waals surface area contributed by atoms with Gasteiger partial charge < -0.3 is 15.4 Å². The van der Waals surface area contributed by atoms with Gasteiger partial charge in [0.05, 0.1) is 17.8 Å². The van der Waals surface area contributed by atoms with E-state index in [0.717, 1.165) is 11.3 Å². The lowest BCUT2D eigenvalue weighted by Crippen LogP contribution is -2.24. The minimum Gasteiger partial charge on any atom is -0.481 e. The average Bonchev–Trinajstić information content (AvgIpc) is 2.74. The van der Waals surface area contributed by atoms with E-state index in [-0.39, 0.29) is 13.0 Å². The molecular formula is C13H17N3O3. The first-order valence-electron chi connectivity index (χ1n) is 5.90. The lowest BCUT2D eigenvalue weighted by atomic mass is 10.2. The second-order valence-electron chi connectivity index (χ2n) is 3.91. The number of aromatic nitrogens is 1. The largest absolute Gasteiger partial charge is 0.481 e. The first kappa shape index (κ1) is 14.7. The topological polar surface area (TPSA) is 94.6 Å². The Hall–Kier alpha value is -2.37. The Morgan fingerprint density at radius 2 is 2.26 bits per heavy atom. The van der Waals surface area contributed by atoms with Crippen LogP contribution in [0.25, 0.3) is 0 Å². The Morgan fingerprint density at radius 3 is 2.79 bits per heavy atom. The number of aromatic amines is 1. The van der Waals surface area contributed by atoms with Crippen LogP contribution in [0.1, 0.15) is 24.6 Å². The second-order valence-corrected chi connectivity index (χ2v) is 3.91. The van der Waals surface area contributed by atoms with Gasteiger partial charge in [-0.05, 0) is 31.6 Å². The van der Waals surface area contributed by atoms with Crippen LogP contribution >= 0.6 is 0 Å². The number of allylic oxidation sites excluding steroid dienone is 2. The molecule has 0 radical (unpaired) electrons. The molecule has 0 saturated heterocycles. The van der Waals surface area contributed by atoms with E-state index < -0.39 is 12.0 Å². The van der Waals surface area contributed by atoms with Gasteiger partial charge in [-0.25, -0.2) is 4.79 Å². The van der Waals surface area contributed by atoms with Crippen molar-refractivity contribution in [2.45, 2.75) is 20.3 Å². The van der Waals surface area contributed by atoms with Gasteiger partial charge in [-0.15, -0.1) is 0 Å². The number of carbonyl (C=O) groups excluding carboxylic acids is 1. The van der Waals surface area contributed by atoms with E-state index in [0.29, 0.717) is 5.71 Å². The number of carboxylic acids is 1. The highest BCUT2D eigenvalue weighted by Crippen LogP contribution is 2.07. The number of hydrogen-bond acceptors (Lipinski definition) is 2. The number of H-pyrrole nitrogens is 1. The molecule has 0 spiro atoms. The number of amides is 2. The molecule has 6 nitrogen and oxygen atoms in total. The molecule has 0 fully saturated rings. The molecule has 1 rings (SSSR count). The van der Waals surface area contributed by atoms with Gasteiger partial charge in [-0.3, -0.25) is 4.79 Å².